The molecule has 4 rings (SSSR count). The van der Waals surface area contributed by atoms with E-state index in [4.69, 9.17) is 14.5 Å². The third kappa shape index (κ3) is 5.57. The first kappa shape index (κ1) is 25.0. The third-order valence-corrected chi connectivity index (χ3v) is 8.43. The minimum absolute atomic E-state index is 0.0869. The summed E-state index contributed by atoms with van der Waals surface area (Å²) in [6.45, 7) is 0. The van der Waals surface area contributed by atoms with E-state index >= 15 is 0 Å². The molecular weight excluding hydrogens is 523 g/mol. The Morgan fingerprint density at radius 1 is 1.15 bits per heavy atom. The number of ether oxygens (including phenoxy) is 1. The molecule has 2 aromatic rings. The maximum absolute atomic E-state index is 12.0. The molecule has 1 saturated heterocycles. The van der Waals surface area contributed by atoms with Gasteiger partial charge in [0.15, 0.2) is 17.7 Å². The van der Waals surface area contributed by atoms with E-state index in [1.165, 1.54) is 23.5 Å². The topological polar surface area (TPSA) is 251 Å². The van der Waals surface area contributed by atoms with Crippen LogP contribution in [0.1, 0.15) is 6.42 Å². The number of phosphoric acid groups is 2. The summed E-state index contributed by atoms with van der Waals surface area (Å²) in [7, 11) is -16.1. The van der Waals surface area contributed by atoms with Gasteiger partial charge in [0.2, 0.25) is 0 Å². The molecule has 2 aliphatic heterocycles. The van der Waals surface area contributed by atoms with E-state index in [0.29, 0.717) is 16.9 Å². The van der Waals surface area contributed by atoms with Crippen molar-refractivity contribution in [2.75, 3.05) is 10.4 Å². The van der Waals surface area contributed by atoms with Crippen LogP contribution < -0.4 is 16.0 Å². The van der Waals surface area contributed by atoms with Gasteiger partial charge in [-0.15, -0.1) is 0 Å². The van der Waals surface area contributed by atoms with Gasteiger partial charge in [0, 0.05) is 18.3 Å². The van der Waals surface area contributed by atoms with Crippen molar-refractivity contribution in [1.82, 2.24) is 15.0 Å². The molecule has 0 bridgehead atoms. The van der Waals surface area contributed by atoms with Crippen molar-refractivity contribution in [3.63, 3.8) is 0 Å². The first-order valence-electron chi connectivity index (χ1n) is 9.11. The van der Waals surface area contributed by atoms with E-state index in [2.05, 4.69) is 29.0 Å². The summed E-state index contributed by atoms with van der Waals surface area (Å²) in [6.07, 6.45) is -1.17. The lowest BCUT2D eigenvalue weighted by Gasteiger charge is -2.27. The van der Waals surface area contributed by atoms with Crippen molar-refractivity contribution >= 4 is 45.8 Å². The Morgan fingerprint density at radius 2 is 1.88 bits per heavy atom. The Kier molecular flexibility index (Phi) is 6.48. The molecule has 0 aromatic carbocycles. The Bertz CT molecular complexity index is 1370. The SMILES string of the molecule is O=c1ccc2c3c(ncnc3n1)N([C@@H]1O[C@H](C=CP(=O)(O)OP(=O)(O)OP(=O)(O)O)C[C@H]1O)N2. The average molecular weight is 539 g/mol. The summed E-state index contributed by atoms with van der Waals surface area (Å²) in [6, 6.07) is 2.67. The summed E-state index contributed by atoms with van der Waals surface area (Å²) < 4.78 is 47.3. The molecular formula is C14H16N5O12P3. The van der Waals surface area contributed by atoms with E-state index in [9.17, 15) is 33.4 Å². The monoisotopic (exact) mass is 539 g/mol. The van der Waals surface area contributed by atoms with Crippen LogP contribution in [-0.4, -0.2) is 58.1 Å². The van der Waals surface area contributed by atoms with E-state index < -0.39 is 47.2 Å². The summed E-state index contributed by atoms with van der Waals surface area (Å²) in [5.41, 5.74) is 2.94. The number of rotatable bonds is 7. The maximum Gasteiger partial charge on any atom is 0.488 e. The lowest BCUT2D eigenvalue weighted by molar-refractivity contribution is 0.0256. The minimum Gasteiger partial charge on any atom is -0.388 e. The van der Waals surface area contributed by atoms with E-state index in [0.717, 1.165) is 6.08 Å². The molecule has 184 valence electrons. The highest BCUT2D eigenvalue weighted by Gasteiger charge is 2.42. The van der Waals surface area contributed by atoms with E-state index in [1.807, 2.05) is 0 Å². The fraction of sp³-hybridized carbons (Fsp3) is 0.286. The lowest BCUT2D eigenvalue weighted by atomic mass is 10.2. The van der Waals surface area contributed by atoms with E-state index in [-0.39, 0.29) is 17.9 Å². The average Bonchev–Trinajstić information content (AvgIpc) is 3.17. The Morgan fingerprint density at radius 3 is 2.59 bits per heavy atom. The first-order valence-corrected chi connectivity index (χ1v) is 13.8. The summed E-state index contributed by atoms with van der Waals surface area (Å²) in [5.74, 6) is 0.705. The number of anilines is 2. The Labute approximate surface area is 189 Å². The van der Waals surface area contributed by atoms with Gasteiger partial charge in [0.05, 0.1) is 17.2 Å². The zero-order chi connectivity index (χ0) is 24.9. The second kappa shape index (κ2) is 8.82. The maximum atomic E-state index is 12.0. The fourth-order valence-electron chi connectivity index (χ4n) is 3.28. The van der Waals surface area contributed by atoms with Crippen molar-refractivity contribution in [3.8, 4) is 0 Å². The van der Waals surface area contributed by atoms with Crippen LogP contribution in [0.15, 0.2) is 35.1 Å². The van der Waals surface area contributed by atoms with Crippen LogP contribution in [0.5, 0.6) is 0 Å². The number of nitrogens with one attached hydrogen (secondary N) is 1. The van der Waals surface area contributed by atoms with Crippen LogP contribution in [0.3, 0.4) is 0 Å². The highest BCUT2D eigenvalue weighted by atomic mass is 31.3. The predicted molar refractivity (Wildman–Crippen MR) is 112 cm³/mol. The van der Waals surface area contributed by atoms with Gasteiger partial charge in [-0.25, -0.2) is 28.4 Å². The van der Waals surface area contributed by atoms with Crippen LogP contribution in [0, 0.1) is 0 Å². The Balaban J connectivity index is 1.50. The van der Waals surface area contributed by atoms with Gasteiger partial charge in [-0.3, -0.25) is 14.8 Å². The zero-order valence-corrected chi connectivity index (χ0v) is 19.2. The van der Waals surface area contributed by atoms with Gasteiger partial charge < -0.3 is 29.4 Å². The predicted octanol–water partition coefficient (Wildman–Crippen LogP) is -0.0668. The molecule has 2 unspecified atom stereocenters. The molecule has 17 nitrogen and oxygen atoms in total. The molecule has 0 radical (unpaired) electrons. The van der Waals surface area contributed by atoms with Gasteiger partial charge in [-0.2, -0.15) is 9.29 Å². The molecule has 0 spiro atoms. The molecule has 5 atom stereocenters. The molecule has 34 heavy (non-hydrogen) atoms. The second-order valence-electron chi connectivity index (χ2n) is 6.97. The van der Waals surface area contributed by atoms with Gasteiger partial charge in [0.1, 0.15) is 12.4 Å². The molecule has 2 aliphatic rings. The van der Waals surface area contributed by atoms with Crippen LogP contribution >= 0.6 is 23.2 Å². The lowest BCUT2D eigenvalue weighted by Crippen LogP contribution is -2.44. The molecule has 0 amide bonds. The highest BCUT2D eigenvalue weighted by molar-refractivity contribution is 7.69. The van der Waals surface area contributed by atoms with Crippen molar-refractivity contribution < 1.29 is 51.7 Å². The number of aliphatic hydroxyl groups excluding tert-OH is 1. The van der Waals surface area contributed by atoms with Crippen molar-refractivity contribution in [2.45, 2.75) is 24.9 Å². The number of hydrogen-bond acceptors (Lipinski definition) is 13. The van der Waals surface area contributed by atoms with Crippen LogP contribution in [0.2, 0.25) is 0 Å². The van der Waals surface area contributed by atoms with Gasteiger partial charge in [-0.1, -0.05) is 0 Å². The number of hydrazine groups is 1. The van der Waals surface area contributed by atoms with Crippen LogP contribution in [0.25, 0.3) is 11.0 Å². The molecule has 1 fully saturated rings. The van der Waals surface area contributed by atoms with Crippen LogP contribution in [0.4, 0.5) is 11.5 Å². The number of aliphatic hydroxyl groups is 1. The van der Waals surface area contributed by atoms with Gasteiger partial charge in [0.25, 0.3) is 5.56 Å². The highest BCUT2D eigenvalue weighted by Crippen LogP contribution is 2.66. The quantitative estimate of drug-likeness (QED) is 0.252. The molecule has 4 heterocycles. The minimum atomic E-state index is -5.58. The molecule has 2 aromatic heterocycles. The Hall–Kier alpha value is -2.13. The number of aromatic nitrogens is 3. The summed E-state index contributed by atoms with van der Waals surface area (Å²) >= 11 is 0. The first-order chi connectivity index (χ1) is 15.7. The van der Waals surface area contributed by atoms with Crippen LogP contribution in [-0.2, 0) is 27.1 Å². The van der Waals surface area contributed by atoms with Gasteiger partial charge in [-0.05, 0) is 12.1 Å². The molecule has 20 heteroatoms. The molecule has 0 saturated carbocycles. The number of hydrogen-bond donors (Lipinski definition) is 6. The third-order valence-electron chi connectivity index (χ3n) is 4.44. The second-order valence-corrected chi connectivity index (χ2v) is 11.6. The standard InChI is InChI=1S/C14H16N5O12P3/c20-9-5-7(3-4-32(22,23)30-34(27,28)31-33(24,25)26)29-14(9)19-13-11-8(18-19)1-2-10(21)17-12(11)15-6-16-13/h1-4,6-7,9,14,18,20H,5H2,(H,22,23)(H,27,28)(H2,24,25,26)/t7-,9-,14-/m1/s1. The summed E-state index contributed by atoms with van der Waals surface area (Å²) in [4.78, 5) is 59.7. The largest absolute Gasteiger partial charge is 0.488 e. The normalized spacial score (nSPS) is 25.9. The fourth-order valence-corrected chi connectivity index (χ4v) is 6.55. The summed E-state index contributed by atoms with van der Waals surface area (Å²) in [5, 5.41) is 12.2. The molecule has 0 aliphatic carbocycles. The van der Waals surface area contributed by atoms with E-state index in [1.54, 1.807) is 0 Å². The smallest absolute Gasteiger partial charge is 0.388 e. The van der Waals surface area contributed by atoms with Crippen molar-refractivity contribution in [3.05, 3.63) is 40.7 Å². The van der Waals surface area contributed by atoms with Crippen molar-refractivity contribution in [1.29, 1.82) is 0 Å². The number of nitrogens with zero attached hydrogens (tertiary/aromatic N) is 4. The molecule has 6 N–H and O–H groups in total. The van der Waals surface area contributed by atoms with Crippen molar-refractivity contribution in [2.24, 2.45) is 0 Å². The zero-order valence-electron chi connectivity index (χ0n) is 16.6. The van der Waals surface area contributed by atoms with Gasteiger partial charge >= 0.3 is 23.2 Å².